The first-order valence-electron chi connectivity index (χ1n) is 9.45. The van der Waals surface area contributed by atoms with Gasteiger partial charge in [-0.1, -0.05) is 11.6 Å². The third kappa shape index (κ3) is 4.20. The maximum absolute atomic E-state index is 12.7. The minimum absolute atomic E-state index is 0.00340. The molecule has 1 aromatic carbocycles. The maximum Gasteiger partial charge on any atom is 0.260 e. The molecule has 0 radical (unpaired) electrons. The van der Waals surface area contributed by atoms with Gasteiger partial charge in [0.2, 0.25) is 0 Å². The van der Waals surface area contributed by atoms with E-state index in [9.17, 15) is 4.79 Å². The molecule has 148 valence electrons. The lowest BCUT2D eigenvalue weighted by atomic mass is 10.1. The van der Waals surface area contributed by atoms with Crippen LogP contribution in [0.4, 0.5) is 5.82 Å². The highest BCUT2D eigenvalue weighted by molar-refractivity contribution is 6.30. The Morgan fingerprint density at radius 1 is 1.18 bits per heavy atom. The zero-order chi connectivity index (χ0) is 19.5. The molecule has 2 aromatic rings. The van der Waals surface area contributed by atoms with Gasteiger partial charge >= 0.3 is 0 Å². The number of ether oxygens (including phenoxy) is 2. The third-order valence-corrected chi connectivity index (χ3v) is 5.24. The van der Waals surface area contributed by atoms with Gasteiger partial charge in [-0.2, -0.15) is 0 Å². The van der Waals surface area contributed by atoms with E-state index in [2.05, 4.69) is 14.9 Å². The number of benzene rings is 1. The second-order valence-corrected chi connectivity index (χ2v) is 7.36. The minimum atomic E-state index is -0.0471. The lowest BCUT2D eigenvalue weighted by Crippen LogP contribution is -2.42. The predicted octanol–water partition coefficient (Wildman–Crippen LogP) is 2.24. The zero-order valence-electron chi connectivity index (χ0n) is 15.9. The Labute approximate surface area is 169 Å². The van der Waals surface area contributed by atoms with Gasteiger partial charge in [0.05, 0.1) is 25.5 Å². The van der Waals surface area contributed by atoms with Crippen molar-refractivity contribution < 1.29 is 14.3 Å². The third-order valence-electron chi connectivity index (χ3n) is 4.99. The first kappa shape index (κ1) is 19.0. The molecule has 1 saturated heterocycles. The number of morpholine rings is 1. The SMILES string of the molecule is Cc1nc2c(c(N3CCOCC3)n1)CN(C(=O)COc1ccc(Cl)cc1)CC2. The number of halogens is 1. The van der Waals surface area contributed by atoms with Gasteiger partial charge in [0.15, 0.2) is 6.61 Å². The molecule has 0 aliphatic carbocycles. The van der Waals surface area contributed by atoms with E-state index in [-0.39, 0.29) is 12.5 Å². The second-order valence-electron chi connectivity index (χ2n) is 6.93. The summed E-state index contributed by atoms with van der Waals surface area (Å²) in [4.78, 5) is 26.1. The van der Waals surface area contributed by atoms with Crippen molar-refractivity contribution in [2.45, 2.75) is 19.9 Å². The van der Waals surface area contributed by atoms with E-state index in [1.165, 1.54) is 0 Å². The summed E-state index contributed by atoms with van der Waals surface area (Å²) < 4.78 is 11.1. The fraction of sp³-hybridized carbons (Fsp3) is 0.450. The number of fused-ring (bicyclic) bond motifs is 1. The van der Waals surface area contributed by atoms with Gasteiger partial charge in [-0.15, -0.1) is 0 Å². The molecule has 0 unspecified atom stereocenters. The number of hydrogen-bond donors (Lipinski definition) is 0. The van der Waals surface area contributed by atoms with Crippen molar-refractivity contribution in [1.29, 1.82) is 0 Å². The molecule has 0 saturated carbocycles. The average molecular weight is 403 g/mol. The summed E-state index contributed by atoms with van der Waals surface area (Å²) in [5.41, 5.74) is 2.08. The smallest absolute Gasteiger partial charge is 0.260 e. The number of amides is 1. The molecule has 4 rings (SSSR count). The number of carbonyl (C=O) groups is 1. The molecule has 8 heteroatoms. The number of aromatic nitrogens is 2. The predicted molar refractivity (Wildman–Crippen MR) is 106 cm³/mol. The Kier molecular flexibility index (Phi) is 5.64. The first-order valence-corrected chi connectivity index (χ1v) is 9.83. The molecule has 7 nitrogen and oxygen atoms in total. The van der Waals surface area contributed by atoms with Gasteiger partial charge in [0, 0.05) is 36.6 Å². The Hall–Kier alpha value is -2.38. The van der Waals surface area contributed by atoms with E-state index >= 15 is 0 Å². The van der Waals surface area contributed by atoms with Gasteiger partial charge in [0.25, 0.3) is 5.91 Å². The highest BCUT2D eigenvalue weighted by atomic mass is 35.5. The van der Waals surface area contributed by atoms with Crippen LogP contribution in [0.5, 0.6) is 5.75 Å². The van der Waals surface area contributed by atoms with E-state index in [0.29, 0.717) is 37.1 Å². The van der Waals surface area contributed by atoms with Gasteiger partial charge in [-0.25, -0.2) is 9.97 Å². The van der Waals surface area contributed by atoms with Crippen molar-refractivity contribution in [2.24, 2.45) is 0 Å². The van der Waals surface area contributed by atoms with Crippen LogP contribution in [0.2, 0.25) is 5.02 Å². The minimum Gasteiger partial charge on any atom is -0.484 e. The zero-order valence-corrected chi connectivity index (χ0v) is 16.6. The van der Waals surface area contributed by atoms with Crippen molar-refractivity contribution in [3.05, 3.63) is 46.4 Å². The number of carbonyl (C=O) groups excluding carboxylic acids is 1. The van der Waals surface area contributed by atoms with E-state index in [1.807, 2.05) is 11.8 Å². The standard InChI is InChI=1S/C20H23ClN4O3/c1-14-22-18-6-7-25(19(26)13-28-16-4-2-15(21)3-5-16)12-17(18)20(23-14)24-8-10-27-11-9-24/h2-5H,6-13H2,1H3. The summed E-state index contributed by atoms with van der Waals surface area (Å²) in [6.07, 6.45) is 0.725. The molecule has 0 bridgehead atoms. The van der Waals surface area contributed by atoms with Crippen LogP contribution in [0.3, 0.4) is 0 Å². The molecule has 0 atom stereocenters. The summed E-state index contributed by atoms with van der Waals surface area (Å²) in [5.74, 6) is 2.28. The highest BCUT2D eigenvalue weighted by Gasteiger charge is 2.28. The van der Waals surface area contributed by atoms with Crippen molar-refractivity contribution in [1.82, 2.24) is 14.9 Å². The summed E-state index contributed by atoms with van der Waals surface area (Å²) in [6.45, 7) is 6.04. The van der Waals surface area contributed by atoms with Gasteiger partial charge in [0.1, 0.15) is 17.4 Å². The monoisotopic (exact) mass is 402 g/mol. The number of rotatable bonds is 4. The average Bonchev–Trinajstić information content (AvgIpc) is 2.73. The topological polar surface area (TPSA) is 67.8 Å². The number of nitrogens with zero attached hydrogens (tertiary/aromatic N) is 4. The number of aryl methyl sites for hydroxylation is 1. The fourth-order valence-electron chi connectivity index (χ4n) is 3.53. The van der Waals surface area contributed by atoms with Crippen molar-refractivity contribution in [2.75, 3.05) is 44.4 Å². The van der Waals surface area contributed by atoms with Crippen molar-refractivity contribution in [3.8, 4) is 5.75 Å². The molecule has 2 aliphatic heterocycles. The number of anilines is 1. The molecule has 1 amide bonds. The maximum atomic E-state index is 12.7. The molecule has 1 aromatic heterocycles. The van der Waals surface area contributed by atoms with Crippen LogP contribution in [-0.4, -0.2) is 60.2 Å². The van der Waals surface area contributed by atoms with Crippen LogP contribution >= 0.6 is 11.6 Å². The summed E-state index contributed by atoms with van der Waals surface area (Å²) in [6, 6.07) is 7.00. The Bertz CT molecular complexity index is 853. The molecule has 0 N–H and O–H groups in total. The van der Waals surface area contributed by atoms with Crippen LogP contribution in [0.15, 0.2) is 24.3 Å². The molecular weight excluding hydrogens is 380 g/mol. The first-order chi connectivity index (χ1) is 13.6. The van der Waals surface area contributed by atoms with Gasteiger partial charge < -0.3 is 19.3 Å². The Morgan fingerprint density at radius 3 is 2.68 bits per heavy atom. The van der Waals surface area contributed by atoms with E-state index in [4.69, 9.17) is 21.1 Å². The van der Waals surface area contributed by atoms with Gasteiger partial charge in [-0.3, -0.25) is 4.79 Å². The summed E-state index contributed by atoms with van der Waals surface area (Å²) in [7, 11) is 0. The van der Waals surface area contributed by atoms with Crippen LogP contribution < -0.4 is 9.64 Å². The molecule has 28 heavy (non-hydrogen) atoms. The van der Waals surface area contributed by atoms with E-state index < -0.39 is 0 Å². The summed E-state index contributed by atoms with van der Waals surface area (Å²) >= 11 is 5.88. The normalized spacial score (nSPS) is 16.6. The van der Waals surface area contributed by atoms with Gasteiger partial charge in [-0.05, 0) is 31.2 Å². The molecule has 2 aliphatic rings. The molecule has 1 fully saturated rings. The number of hydrogen-bond acceptors (Lipinski definition) is 6. The quantitative estimate of drug-likeness (QED) is 0.781. The van der Waals surface area contributed by atoms with Crippen LogP contribution in [0, 0.1) is 6.92 Å². The van der Waals surface area contributed by atoms with E-state index in [1.54, 1.807) is 24.3 Å². The molecule has 0 spiro atoms. The highest BCUT2D eigenvalue weighted by Crippen LogP contribution is 2.27. The largest absolute Gasteiger partial charge is 0.484 e. The Balaban J connectivity index is 1.47. The van der Waals surface area contributed by atoms with Crippen LogP contribution in [-0.2, 0) is 22.5 Å². The Morgan fingerprint density at radius 2 is 1.93 bits per heavy atom. The molecular formula is C20H23ClN4O3. The summed E-state index contributed by atoms with van der Waals surface area (Å²) in [5, 5.41) is 0.636. The lowest BCUT2D eigenvalue weighted by molar-refractivity contribution is -0.134. The van der Waals surface area contributed by atoms with Crippen molar-refractivity contribution >= 4 is 23.3 Å². The van der Waals surface area contributed by atoms with E-state index in [0.717, 1.165) is 42.4 Å². The fourth-order valence-corrected chi connectivity index (χ4v) is 3.66. The lowest BCUT2D eigenvalue weighted by Gasteiger charge is -2.34. The molecule has 3 heterocycles. The second kappa shape index (κ2) is 8.32. The van der Waals surface area contributed by atoms with Crippen LogP contribution in [0.1, 0.15) is 17.1 Å². The van der Waals surface area contributed by atoms with Crippen LogP contribution in [0.25, 0.3) is 0 Å². The van der Waals surface area contributed by atoms with Crippen molar-refractivity contribution in [3.63, 3.8) is 0 Å².